The van der Waals surface area contributed by atoms with E-state index in [0.717, 1.165) is 22.8 Å². The molecular weight excluding hydrogens is 292 g/mol. The van der Waals surface area contributed by atoms with Crippen LogP contribution in [0.1, 0.15) is 17.0 Å². The van der Waals surface area contributed by atoms with Crippen molar-refractivity contribution in [2.75, 3.05) is 5.32 Å². The standard InChI is InChI=1S/C16H18N6O/c1-11-14(12(2)21(3)20-11)8-16(23)19-13-4-5-15(18-9-13)22-7-6-17-10-22/h4-7,9-10H,8H2,1-3H3,(H,19,23). The van der Waals surface area contributed by atoms with Crippen LogP contribution in [-0.2, 0) is 18.3 Å². The van der Waals surface area contributed by atoms with Crippen LogP contribution in [0.25, 0.3) is 5.82 Å². The predicted molar refractivity (Wildman–Crippen MR) is 86.4 cm³/mol. The van der Waals surface area contributed by atoms with Crippen molar-refractivity contribution < 1.29 is 4.79 Å². The number of hydrogen-bond acceptors (Lipinski definition) is 4. The number of aryl methyl sites for hydroxylation is 2. The number of carbonyl (C=O) groups excluding carboxylic acids is 1. The third-order valence-corrected chi connectivity index (χ3v) is 3.80. The molecule has 3 rings (SSSR count). The molecule has 1 N–H and O–H groups in total. The van der Waals surface area contributed by atoms with E-state index in [2.05, 4.69) is 20.4 Å². The highest BCUT2D eigenvalue weighted by atomic mass is 16.1. The fourth-order valence-corrected chi connectivity index (χ4v) is 2.45. The third-order valence-electron chi connectivity index (χ3n) is 3.80. The zero-order chi connectivity index (χ0) is 16.4. The average Bonchev–Trinajstić information content (AvgIpc) is 3.13. The van der Waals surface area contributed by atoms with Gasteiger partial charge >= 0.3 is 0 Å². The second-order valence-electron chi connectivity index (χ2n) is 5.37. The van der Waals surface area contributed by atoms with Crippen LogP contribution < -0.4 is 5.32 Å². The van der Waals surface area contributed by atoms with Gasteiger partial charge in [0.1, 0.15) is 12.1 Å². The minimum atomic E-state index is -0.0821. The third kappa shape index (κ3) is 3.13. The van der Waals surface area contributed by atoms with Crippen LogP contribution in [0, 0.1) is 13.8 Å². The fraction of sp³-hybridized carbons (Fsp3) is 0.250. The van der Waals surface area contributed by atoms with E-state index >= 15 is 0 Å². The van der Waals surface area contributed by atoms with Crippen molar-refractivity contribution in [3.8, 4) is 5.82 Å². The molecule has 0 aromatic carbocycles. The van der Waals surface area contributed by atoms with Gasteiger partial charge in [-0.3, -0.25) is 14.0 Å². The van der Waals surface area contributed by atoms with Gasteiger partial charge in [0.2, 0.25) is 5.91 Å². The summed E-state index contributed by atoms with van der Waals surface area (Å²) in [5.74, 6) is 0.667. The first-order chi connectivity index (χ1) is 11.0. The summed E-state index contributed by atoms with van der Waals surface area (Å²) in [7, 11) is 1.88. The van der Waals surface area contributed by atoms with E-state index in [1.807, 2.05) is 39.2 Å². The van der Waals surface area contributed by atoms with Crippen LogP contribution in [0.3, 0.4) is 0 Å². The van der Waals surface area contributed by atoms with Crippen molar-refractivity contribution in [2.24, 2.45) is 7.05 Å². The van der Waals surface area contributed by atoms with E-state index in [-0.39, 0.29) is 5.91 Å². The van der Waals surface area contributed by atoms with E-state index in [1.54, 1.807) is 28.0 Å². The predicted octanol–water partition coefficient (Wildman–Crippen LogP) is 1.80. The summed E-state index contributed by atoms with van der Waals surface area (Å²) in [5.41, 5.74) is 3.52. The maximum absolute atomic E-state index is 12.2. The number of imidazole rings is 1. The van der Waals surface area contributed by atoms with Crippen molar-refractivity contribution in [1.82, 2.24) is 24.3 Å². The Morgan fingerprint density at radius 3 is 2.70 bits per heavy atom. The lowest BCUT2D eigenvalue weighted by atomic mass is 10.1. The Bertz CT molecular complexity index is 817. The average molecular weight is 310 g/mol. The van der Waals surface area contributed by atoms with Gasteiger partial charge in [-0.1, -0.05) is 0 Å². The summed E-state index contributed by atoms with van der Waals surface area (Å²) < 4.78 is 3.59. The highest BCUT2D eigenvalue weighted by Gasteiger charge is 2.13. The Balaban J connectivity index is 1.68. The molecule has 0 unspecified atom stereocenters. The van der Waals surface area contributed by atoms with Crippen LogP contribution in [0.15, 0.2) is 37.1 Å². The molecule has 118 valence electrons. The molecule has 0 bridgehead atoms. The van der Waals surface area contributed by atoms with E-state index in [1.165, 1.54) is 0 Å². The van der Waals surface area contributed by atoms with Crippen LogP contribution in [-0.4, -0.2) is 30.2 Å². The second-order valence-corrected chi connectivity index (χ2v) is 5.37. The smallest absolute Gasteiger partial charge is 0.228 e. The lowest BCUT2D eigenvalue weighted by Gasteiger charge is -2.07. The van der Waals surface area contributed by atoms with Crippen LogP contribution in [0.4, 0.5) is 5.69 Å². The van der Waals surface area contributed by atoms with Gasteiger partial charge in [-0.2, -0.15) is 5.10 Å². The molecule has 1 amide bonds. The summed E-state index contributed by atoms with van der Waals surface area (Å²) in [4.78, 5) is 20.5. The minimum absolute atomic E-state index is 0.0821. The first-order valence-electron chi connectivity index (χ1n) is 7.28. The highest BCUT2D eigenvalue weighted by molar-refractivity contribution is 5.92. The minimum Gasteiger partial charge on any atom is -0.324 e. The first kappa shape index (κ1) is 15.0. The maximum atomic E-state index is 12.2. The van der Waals surface area contributed by atoms with Gasteiger partial charge in [0.25, 0.3) is 0 Å². The molecule has 7 nitrogen and oxygen atoms in total. The molecule has 0 aliphatic heterocycles. The Morgan fingerprint density at radius 2 is 2.13 bits per heavy atom. The van der Waals surface area contributed by atoms with Gasteiger partial charge in [-0.25, -0.2) is 9.97 Å². The summed E-state index contributed by atoms with van der Waals surface area (Å²) in [6.45, 7) is 3.88. The maximum Gasteiger partial charge on any atom is 0.228 e. The van der Waals surface area contributed by atoms with Gasteiger partial charge in [0.15, 0.2) is 0 Å². The molecule has 0 aliphatic rings. The van der Waals surface area contributed by atoms with Crippen molar-refractivity contribution >= 4 is 11.6 Å². The molecule has 7 heteroatoms. The van der Waals surface area contributed by atoms with E-state index < -0.39 is 0 Å². The highest BCUT2D eigenvalue weighted by Crippen LogP contribution is 2.14. The fourth-order valence-electron chi connectivity index (χ4n) is 2.45. The van der Waals surface area contributed by atoms with Gasteiger partial charge < -0.3 is 5.32 Å². The number of hydrogen-bond donors (Lipinski definition) is 1. The molecule has 0 fully saturated rings. The summed E-state index contributed by atoms with van der Waals surface area (Å²) in [6.07, 6.45) is 7.12. The summed E-state index contributed by atoms with van der Waals surface area (Å²) >= 11 is 0. The number of amides is 1. The SMILES string of the molecule is Cc1nn(C)c(C)c1CC(=O)Nc1ccc(-n2ccnc2)nc1. The summed E-state index contributed by atoms with van der Waals surface area (Å²) in [6, 6.07) is 3.65. The summed E-state index contributed by atoms with van der Waals surface area (Å²) in [5, 5.41) is 7.19. The largest absolute Gasteiger partial charge is 0.324 e. The molecule has 0 saturated carbocycles. The zero-order valence-electron chi connectivity index (χ0n) is 13.3. The number of aromatic nitrogens is 5. The molecule has 3 aromatic rings. The van der Waals surface area contributed by atoms with Crippen molar-refractivity contribution in [2.45, 2.75) is 20.3 Å². The number of pyridine rings is 1. The monoisotopic (exact) mass is 310 g/mol. The van der Waals surface area contributed by atoms with E-state index in [0.29, 0.717) is 12.1 Å². The van der Waals surface area contributed by atoms with Crippen LogP contribution in [0.2, 0.25) is 0 Å². The number of anilines is 1. The quantitative estimate of drug-likeness (QED) is 0.797. The molecule has 3 heterocycles. The normalized spacial score (nSPS) is 10.7. The van der Waals surface area contributed by atoms with Gasteiger partial charge in [-0.15, -0.1) is 0 Å². The van der Waals surface area contributed by atoms with Crippen molar-refractivity contribution in [3.63, 3.8) is 0 Å². The molecular formula is C16H18N6O. The Morgan fingerprint density at radius 1 is 1.30 bits per heavy atom. The molecule has 0 atom stereocenters. The molecule has 0 radical (unpaired) electrons. The molecule has 0 aliphatic carbocycles. The lowest BCUT2D eigenvalue weighted by Crippen LogP contribution is -2.15. The van der Waals surface area contributed by atoms with Crippen LogP contribution in [0.5, 0.6) is 0 Å². The molecule has 3 aromatic heterocycles. The number of carbonyl (C=O) groups is 1. The van der Waals surface area contributed by atoms with Crippen LogP contribution >= 0.6 is 0 Å². The Hall–Kier alpha value is -2.96. The Labute approximate surface area is 134 Å². The van der Waals surface area contributed by atoms with Gasteiger partial charge in [0, 0.05) is 30.7 Å². The van der Waals surface area contributed by atoms with Crippen molar-refractivity contribution in [3.05, 3.63) is 54.0 Å². The van der Waals surface area contributed by atoms with E-state index in [4.69, 9.17) is 0 Å². The van der Waals surface area contributed by atoms with Gasteiger partial charge in [-0.05, 0) is 26.0 Å². The topological polar surface area (TPSA) is 77.6 Å². The van der Waals surface area contributed by atoms with Crippen molar-refractivity contribution in [1.29, 1.82) is 0 Å². The lowest BCUT2D eigenvalue weighted by molar-refractivity contribution is -0.115. The Kier molecular flexibility index (Phi) is 3.92. The zero-order valence-corrected chi connectivity index (χ0v) is 13.3. The number of nitrogens with one attached hydrogen (secondary N) is 1. The second kappa shape index (κ2) is 6.04. The molecule has 23 heavy (non-hydrogen) atoms. The first-order valence-corrected chi connectivity index (χ1v) is 7.28. The molecule has 0 saturated heterocycles. The molecule has 0 spiro atoms. The van der Waals surface area contributed by atoms with Gasteiger partial charge in [0.05, 0.1) is 24.0 Å². The van der Waals surface area contributed by atoms with E-state index in [9.17, 15) is 4.79 Å². The number of nitrogens with zero attached hydrogens (tertiary/aromatic N) is 5. The number of rotatable bonds is 4.